The van der Waals surface area contributed by atoms with Gasteiger partial charge in [-0.15, -0.1) is 0 Å². The van der Waals surface area contributed by atoms with Crippen molar-refractivity contribution in [3.8, 4) is 0 Å². The van der Waals surface area contributed by atoms with Crippen molar-refractivity contribution in [3.05, 3.63) is 11.6 Å². The van der Waals surface area contributed by atoms with E-state index in [9.17, 15) is 9.90 Å². The van der Waals surface area contributed by atoms with Crippen LogP contribution in [0.25, 0.3) is 0 Å². The molecule has 1 saturated carbocycles. The molecule has 1 aliphatic heterocycles. The van der Waals surface area contributed by atoms with Gasteiger partial charge in [0.05, 0.1) is 0 Å². The zero-order valence-electron chi connectivity index (χ0n) is 10.1. The topological polar surface area (TPSA) is 40.5 Å². The molecule has 3 unspecified atom stereocenters. The van der Waals surface area contributed by atoms with Gasteiger partial charge in [0.25, 0.3) is 0 Å². The Morgan fingerprint density at radius 2 is 2.00 bits per heavy atom. The smallest absolute Gasteiger partial charge is 0.320 e. The Labute approximate surface area is 107 Å². The largest absolute Gasteiger partial charge is 0.480 e. The van der Waals surface area contributed by atoms with Crippen molar-refractivity contribution in [2.24, 2.45) is 5.92 Å². The van der Waals surface area contributed by atoms with E-state index in [0.717, 1.165) is 19.3 Å². The van der Waals surface area contributed by atoms with Gasteiger partial charge >= 0.3 is 5.97 Å². The van der Waals surface area contributed by atoms with Gasteiger partial charge in [0.2, 0.25) is 0 Å². The summed E-state index contributed by atoms with van der Waals surface area (Å²) in [5.41, 5.74) is 0. The van der Waals surface area contributed by atoms with Crippen molar-refractivity contribution in [2.75, 3.05) is 6.54 Å². The molecule has 2 rings (SSSR count). The van der Waals surface area contributed by atoms with Crippen LogP contribution in [-0.4, -0.2) is 34.6 Å². The van der Waals surface area contributed by atoms with E-state index in [4.69, 9.17) is 11.6 Å². The molecule has 0 bridgehead atoms. The molecule has 3 atom stereocenters. The quantitative estimate of drug-likeness (QED) is 0.845. The fourth-order valence-electron chi connectivity index (χ4n) is 3.42. The first-order valence-electron chi connectivity index (χ1n) is 6.41. The third-order valence-electron chi connectivity index (χ3n) is 4.15. The summed E-state index contributed by atoms with van der Waals surface area (Å²) < 4.78 is 0. The highest BCUT2D eigenvalue weighted by Crippen LogP contribution is 2.38. The molecule has 0 aromatic rings. The summed E-state index contributed by atoms with van der Waals surface area (Å²) in [6.45, 7) is 4.23. The maximum absolute atomic E-state index is 11.3. The zero-order chi connectivity index (χ0) is 12.4. The SMILES string of the molecule is C=C(Cl)CN1C(C(=O)O)CCC2CCCCC21. The monoisotopic (exact) mass is 257 g/mol. The number of likely N-dealkylation sites (tertiary alicyclic amines) is 1. The average Bonchev–Trinajstić information content (AvgIpc) is 2.28. The third kappa shape index (κ3) is 2.83. The predicted octanol–water partition coefficient (Wildman–Crippen LogP) is 2.85. The molecule has 0 amide bonds. The number of piperidine rings is 1. The Bertz CT molecular complexity index is 319. The van der Waals surface area contributed by atoms with E-state index in [1.165, 1.54) is 19.3 Å². The number of carboxylic acids is 1. The van der Waals surface area contributed by atoms with Crippen LogP contribution < -0.4 is 0 Å². The highest BCUT2D eigenvalue weighted by molar-refractivity contribution is 6.29. The molecule has 0 aromatic heterocycles. The summed E-state index contributed by atoms with van der Waals surface area (Å²) in [5, 5.41) is 9.84. The minimum atomic E-state index is -0.716. The minimum Gasteiger partial charge on any atom is -0.480 e. The highest BCUT2D eigenvalue weighted by atomic mass is 35.5. The van der Waals surface area contributed by atoms with E-state index in [2.05, 4.69) is 11.5 Å². The fraction of sp³-hybridized carbons (Fsp3) is 0.769. The number of carbonyl (C=O) groups is 1. The molecule has 4 heteroatoms. The Balaban J connectivity index is 2.15. The van der Waals surface area contributed by atoms with Crippen LogP contribution in [0.2, 0.25) is 0 Å². The van der Waals surface area contributed by atoms with Crippen LogP contribution in [-0.2, 0) is 4.79 Å². The molecule has 0 spiro atoms. The third-order valence-corrected chi connectivity index (χ3v) is 4.26. The van der Waals surface area contributed by atoms with Gasteiger partial charge in [0.1, 0.15) is 6.04 Å². The summed E-state index contributed by atoms with van der Waals surface area (Å²) in [6, 6.07) is 0.0268. The van der Waals surface area contributed by atoms with Crippen molar-refractivity contribution in [3.63, 3.8) is 0 Å². The van der Waals surface area contributed by atoms with Crippen molar-refractivity contribution in [2.45, 2.75) is 50.6 Å². The molecule has 2 fully saturated rings. The number of rotatable bonds is 3. The number of carboxylic acid groups (broad SMARTS) is 1. The van der Waals surface area contributed by atoms with E-state index in [0.29, 0.717) is 23.5 Å². The number of hydrogen-bond donors (Lipinski definition) is 1. The summed E-state index contributed by atoms with van der Waals surface area (Å²) in [6.07, 6.45) is 6.64. The van der Waals surface area contributed by atoms with Gasteiger partial charge in [0.15, 0.2) is 0 Å². The Morgan fingerprint density at radius 3 is 2.65 bits per heavy atom. The molecular formula is C13H20ClNO2. The van der Waals surface area contributed by atoms with Crippen LogP contribution in [0.15, 0.2) is 11.6 Å². The van der Waals surface area contributed by atoms with E-state index in [1.54, 1.807) is 0 Å². The maximum Gasteiger partial charge on any atom is 0.320 e. The molecule has 1 aliphatic carbocycles. The predicted molar refractivity (Wildman–Crippen MR) is 68.1 cm³/mol. The van der Waals surface area contributed by atoms with Crippen LogP contribution in [0.4, 0.5) is 0 Å². The summed E-state index contributed by atoms with van der Waals surface area (Å²) >= 11 is 5.88. The second-order valence-corrected chi connectivity index (χ2v) is 5.77. The van der Waals surface area contributed by atoms with Gasteiger partial charge in [-0.1, -0.05) is 31.0 Å². The molecule has 2 aliphatic rings. The van der Waals surface area contributed by atoms with E-state index < -0.39 is 5.97 Å². The standard InChI is InChI=1S/C13H20ClNO2/c1-9(14)8-15-11-5-3-2-4-10(11)6-7-12(15)13(16)17/h10-12H,1-8H2,(H,16,17). The van der Waals surface area contributed by atoms with E-state index >= 15 is 0 Å². The first-order chi connectivity index (χ1) is 8.09. The van der Waals surface area contributed by atoms with Crippen molar-refractivity contribution in [1.29, 1.82) is 0 Å². The zero-order valence-corrected chi connectivity index (χ0v) is 10.8. The molecule has 17 heavy (non-hydrogen) atoms. The second kappa shape index (κ2) is 5.40. The molecule has 0 aromatic carbocycles. The highest BCUT2D eigenvalue weighted by Gasteiger charge is 2.41. The first-order valence-corrected chi connectivity index (χ1v) is 6.79. The van der Waals surface area contributed by atoms with Crippen LogP contribution in [0.5, 0.6) is 0 Å². The van der Waals surface area contributed by atoms with Crippen LogP contribution in [0.1, 0.15) is 38.5 Å². The Kier molecular flexibility index (Phi) is 4.10. The summed E-state index contributed by atoms with van der Waals surface area (Å²) in [7, 11) is 0. The van der Waals surface area contributed by atoms with Gasteiger partial charge < -0.3 is 5.11 Å². The van der Waals surface area contributed by atoms with Gasteiger partial charge in [-0.3, -0.25) is 9.69 Å². The normalized spacial score (nSPS) is 34.1. The Morgan fingerprint density at radius 1 is 1.29 bits per heavy atom. The van der Waals surface area contributed by atoms with Gasteiger partial charge in [0, 0.05) is 17.6 Å². The lowest BCUT2D eigenvalue weighted by molar-refractivity contribution is -0.147. The average molecular weight is 258 g/mol. The van der Waals surface area contributed by atoms with Crippen LogP contribution in [0.3, 0.4) is 0 Å². The molecule has 0 radical (unpaired) electrons. The molecule has 3 nitrogen and oxygen atoms in total. The van der Waals surface area contributed by atoms with Crippen LogP contribution >= 0.6 is 11.6 Å². The number of fused-ring (bicyclic) bond motifs is 1. The second-order valence-electron chi connectivity index (χ2n) is 5.23. The van der Waals surface area contributed by atoms with Gasteiger partial charge in [-0.25, -0.2) is 0 Å². The molecular weight excluding hydrogens is 238 g/mol. The van der Waals surface area contributed by atoms with E-state index in [1.807, 2.05) is 0 Å². The van der Waals surface area contributed by atoms with Gasteiger partial charge in [-0.05, 0) is 31.6 Å². The number of nitrogens with zero attached hydrogens (tertiary/aromatic N) is 1. The molecule has 1 N–H and O–H groups in total. The molecule has 96 valence electrons. The Hall–Kier alpha value is -0.540. The molecule has 1 saturated heterocycles. The van der Waals surface area contributed by atoms with Crippen molar-refractivity contribution < 1.29 is 9.90 Å². The minimum absolute atomic E-state index is 0.371. The lowest BCUT2D eigenvalue weighted by Gasteiger charge is -2.47. The number of aliphatic carboxylic acids is 1. The van der Waals surface area contributed by atoms with Gasteiger partial charge in [-0.2, -0.15) is 0 Å². The van der Waals surface area contributed by atoms with Crippen LogP contribution in [0, 0.1) is 5.92 Å². The fourth-order valence-corrected chi connectivity index (χ4v) is 3.56. The molecule has 1 heterocycles. The number of halogens is 1. The maximum atomic E-state index is 11.3. The number of hydrogen-bond acceptors (Lipinski definition) is 2. The first kappa shape index (κ1) is 12.9. The lowest BCUT2D eigenvalue weighted by atomic mass is 9.76. The van der Waals surface area contributed by atoms with Crippen molar-refractivity contribution in [1.82, 2.24) is 4.90 Å². The van der Waals surface area contributed by atoms with Crippen molar-refractivity contribution >= 4 is 17.6 Å². The summed E-state index contributed by atoms with van der Waals surface area (Å²) in [4.78, 5) is 13.4. The lowest BCUT2D eigenvalue weighted by Crippen LogP contribution is -2.55. The van der Waals surface area contributed by atoms with E-state index in [-0.39, 0.29) is 6.04 Å². The summed E-state index contributed by atoms with van der Waals surface area (Å²) in [5.74, 6) is -0.0534.